The number of methoxy groups -OCH3 is 1. The number of carbonyl (C=O) groups excluding carboxylic acids is 11. The number of primary amides is 2. The highest BCUT2D eigenvalue weighted by Gasteiger charge is 2.49. The molecule has 3 aromatic carbocycles. The number of piperidine rings is 1. The van der Waals surface area contributed by atoms with Crippen LogP contribution in [0.5, 0.6) is 0 Å². The van der Waals surface area contributed by atoms with Gasteiger partial charge in [-0.2, -0.15) is 0 Å². The Morgan fingerprint density at radius 3 is 1.97 bits per heavy atom. The summed E-state index contributed by atoms with van der Waals surface area (Å²) in [5.41, 5.74) is 13.7. The summed E-state index contributed by atoms with van der Waals surface area (Å²) in [5.74, 6) is -9.54. The number of esters is 1. The molecule has 1 saturated heterocycles. The van der Waals surface area contributed by atoms with E-state index in [1.807, 2.05) is 0 Å². The molecule has 31 heteroatoms. The van der Waals surface area contributed by atoms with E-state index in [-0.39, 0.29) is 68.5 Å². The zero-order chi connectivity index (χ0) is 67.0. The SMILES string of the molecule is C\C=C/C(=C\C=C\N=O)C[C@@H](NC(=O)[C@H]1NC(=O)[C@@H](NC(=O)[C@H](CCCCNC)NC(=O)[C@@H](Cc2ccc(C(N)=O)cc2)NC(C)=O)[C@H](O)C1SSC[C@@H](NC(=O)[C@H](Cc1ccc(Cl)cc1)NC(=O)CCC(=O)OC)C(=O)NCCc1ccc(N=O)cc1)C(N)=O. The smallest absolute Gasteiger partial charge is 0.306 e. The maximum absolute atomic E-state index is 14.5. The van der Waals surface area contributed by atoms with Crippen molar-refractivity contribution in [1.29, 1.82) is 0 Å². The number of ether oxygens (including phenoxy) is 1. The number of hydrogen-bond acceptors (Lipinski definition) is 20. The maximum Gasteiger partial charge on any atom is 0.306 e. The second-order valence-electron chi connectivity index (χ2n) is 20.7. The fraction of sp³-hybridized carbons (Fsp3) is 0.417. The molecule has 28 nitrogen and oxygen atoms in total. The highest BCUT2D eigenvalue weighted by Crippen LogP contribution is 2.35. The maximum atomic E-state index is 14.5. The van der Waals surface area contributed by atoms with Gasteiger partial charge in [-0.25, -0.2) is 0 Å². The van der Waals surface area contributed by atoms with Crippen LogP contribution in [0.2, 0.25) is 5.02 Å². The lowest BCUT2D eigenvalue weighted by Gasteiger charge is -2.40. The van der Waals surface area contributed by atoms with E-state index in [1.54, 1.807) is 62.5 Å². The number of nitroso groups, excluding NO2 is 2. The van der Waals surface area contributed by atoms with Crippen molar-refractivity contribution in [3.05, 3.63) is 146 Å². The molecule has 0 saturated carbocycles. The van der Waals surface area contributed by atoms with Crippen molar-refractivity contribution in [2.45, 2.75) is 125 Å². The van der Waals surface area contributed by atoms with Crippen LogP contribution in [-0.2, 0) is 71.9 Å². The zero-order valence-corrected chi connectivity index (χ0v) is 52.8. The number of amides is 10. The van der Waals surface area contributed by atoms with Crippen molar-refractivity contribution in [3.63, 3.8) is 0 Å². The molecule has 3 aromatic rings. The Hall–Kier alpha value is -8.84. The molecule has 10 amide bonds. The number of aliphatic hydroxyl groups is 1. The molecule has 1 heterocycles. The van der Waals surface area contributed by atoms with E-state index in [9.17, 15) is 67.7 Å². The first kappa shape index (κ1) is 74.6. The number of halogens is 1. The van der Waals surface area contributed by atoms with E-state index < -0.39 is 119 Å². The van der Waals surface area contributed by atoms with Gasteiger partial charge in [0.2, 0.25) is 59.1 Å². The van der Waals surface area contributed by atoms with E-state index >= 15 is 0 Å². The van der Waals surface area contributed by atoms with Crippen molar-refractivity contribution < 1.29 is 62.6 Å². The highest BCUT2D eigenvalue weighted by molar-refractivity contribution is 8.77. The van der Waals surface area contributed by atoms with Crippen LogP contribution in [0.3, 0.4) is 0 Å². The van der Waals surface area contributed by atoms with Gasteiger partial charge >= 0.3 is 5.97 Å². The number of benzene rings is 3. The number of hydrogen-bond donors (Lipinski definition) is 12. The largest absolute Gasteiger partial charge is 0.469 e. The number of nitrogens with two attached hydrogens (primary N) is 2. The second kappa shape index (κ2) is 39.3. The molecule has 91 heavy (non-hydrogen) atoms. The van der Waals surface area contributed by atoms with Gasteiger partial charge in [0.05, 0.1) is 31.1 Å². The van der Waals surface area contributed by atoms with Crippen molar-refractivity contribution >= 4 is 104 Å². The molecular formula is C60H76ClN13O15S2. The van der Waals surface area contributed by atoms with Crippen LogP contribution in [0.4, 0.5) is 5.69 Å². The standard InChI is InChI=1S/C60H76ClN13O15S2/c1-5-9-36(10-8-28-66-87)30-43(54(63)80)70-60(86)50-52(51(78)49(59(85)73-50)72-56(82)42(11-6-7-27-64-3)69-57(83)44(67-34(2)75)31-37-12-18-39(19-13-37)53(62)79)91-90-33-46(55(81)65-29-26-35-16-22-41(74-88)23-17-35)71-58(84)45(32-38-14-20-40(61)21-15-38)68-47(76)24-25-48(77)89-4/h5,8-10,12-23,28,42-46,49-52,64,78H,6-7,11,24-27,29-33H2,1-4H3,(H2,62,79)(H2,63,80)(H,65,81)(H,67,75)(H,68,76)(H,69,83)(H,70,86)(H,71,84)(H,72,82)(H,73,85)/b9-5-,28-8+,36-10+/t42-,43+,44+,45-,46+,49-,50-,51-,52?/m0/s1. The Morgan fingerprint density at radius 1 is 0.758 bits per heavy atom. The molecule has 4 rings (SSSR count). The number of nitrogens with zero attached hydrogens (tertiary/aromatic N) is 2. The van der Waals surface area contributed by atoms with Crippen LogP contribution >= 0.6 is 33.2 Å². The molecule has 1 fully saturated rings. The van der Waals surface area contributed by atoms with E-state index in [2.05, 4.69) is 62.9 Å². The summed E-state index contributed by atoms with van der Waals surface area (Å²) < 4.78 is 4.67. The van der Waals surface area contributed by atoms with Crippen LogP contribution in [0.1, 0.15) is 79.4 Å². The molecule has 490 valence electrons. The van der Waals surface area contributed by atoms with Gasteiger partial charge in [0.1, 0.15) is 48.0 Å². The Kier molecular flexibility index (Phi) is 32.2. The number of aliphatic hydroxyl groups excluding tert-OH is 1. The topological polar surface area (TPSA) is 436 Å². The predicted octanol–water partition coefficient (Wildman–Crippen LogP) is 1.52. The van der Waals surface area contributed by atoms with E-state index in [0.29, 0.717) is 46.7 Å². The summed E-state index contributed by atoms with van der Waals surface area (Å²) in [5, 5.41) is 40.7. The van der Waals surface area contributed by atoms with Crippen LogP contribution < -0.4 is 59.3 Å². The van der Waals surface area contributed by atoms with Crippen molar-refractivity contribution in [3.8, 4) is 0 Å². The molecule has 1 aliphatic heterocycles. The van der Waals surface area contributed by atoms with Crippen LogP contribution in [0.15, 0.2) is 119 Å². The summed E-state index contributed by atoms with van der Waals surface area (Å²) in [6, 6.07) is 8.02. The lowest BCUT2D eigenvalue weighted by atomic mass is 9.94. The first-order valence-electron chi connectivity index (χ1n) is 28.7. The molecule has 1 unspecified atom stereocenters. The van der Waals surface area contributed by atoms with Crippen LogP contribution in [-0.4, -0.2) is 157 Å². The molecule has 0 aliphatic carbocycles. The third-order valence-corrected chi connectivity index (χ3v) is 17.0. The fourth-order valence-corrected chi connectivity index (χ4v) is 12.2. The lowest BCUT2D eigenvalue weighted by Crippen LogP contribution is -2.71. The average Bonchev–Trinajstić information content (AvgIpc) is 0.912. The van der Waals surface area contributed by atoms with Gasteiger partial charge in [0.15, 0.2) is 0 Å². The van der Waals surface area contributed by atoms with E-state index in [1.165, 1.54) is 55.5 Å². The summed E-state index contributed by atoms with van der Waals surface area (Å²) in [6.45, 7) is 3.37. The molecular weight excluding hydrogens is 1240 g/mol. The second-order valence-corrected chi connectivity index (χ2v) is 23.8. The summed E-state index contributed by atoms with van der Waals surface area (Å²) in [6.07, 6.45) is 4.82. The number of unbranched alkanes of at least 4 members (excludes halogenated alkanes) is 1. The van der Waals surface area contributed by atoms with Crippen molar-refractivity contribution in [2.75, 3.05) is 33.0 Å². The number of nitrogens with one attached hydrogen (secondary N) is 9. The van der Waals surface area contributed by atoms with Crippen molar-refractivity contribution in [1.82, 2.24) is 47.9 Å². The Bertz CT molecular complexity index is 3140. The Balaban J connectivity index is 1.74. The first-order valence-corrected chi connectivity index (χ1v) is 31.5. The molecule has 14 N–H and O–H groups in total. The molecule has 0 bridgehead atoms. The quantitative estimate of drug-likeness (QED) is 0.0127. The Morgan fingerprint density at radius 2 is 1.38 bits per heavy atom. The summed E-state index contributed by atoms with van der Waals surface area (Å²) in [7, 11) is 4.44. The van der Waals surface area contributed by atoms with Gasteiger partial charge in [0.25, 0.3) is 0 Å². The molecule has 0 aromatic heterocycles. The Labute approximate surface area is 537 Å². The van der Waals surface area contributed by atoms with Gasteiger partial charge in [0, 0.05) is 55.5 Å². The van der Waals surface area contributed by atoms with Gasteiger partial charge < -0.3 is 69.2 Å². The monoisotopic (exact) mass is 1320 g/mol. The van der Waals surface area contributed by atoms with E-state index in [4.69, 9.17) is 23.1 Å². The minimum Gasteiger partial charge on any atom is -0.469 e. The molecule has 1 aliphatic rings. The minimum atomic E-state index is -1.99. The number of allylic oxidation sites excluding steroid dienone is 4. The average molecular weight is 1320 g/mol. The third kappa shape index (κ3) is 25.9. The predicted molar refractivity (Wildman–Crippen MR) is 342 cm³/mol. The third-order valence-electron chi connectivity index (χ3n) is 13.9. The fourth-order valence-electron chi connectivity index (χ4n) is 9.08. The number of carbonyl (C=O) groups is 11. The summed E-state index contributed by atoms with van der Waals surface area (Å²) in [4.78, 5) is 170. The van der Waals surface area contributed by atoms with Crippen molar-refractivity contribution in [2.24, 2.45) is 21.8 Å². The molecule has 0 radical (unpaired) electrons. The summed E-state index contributed by atoms with van der Waals surface area (Å²) >= 11 is 6.14. The minimum absolute atomic E-state index is 0.000380. The normalized spacial score (nSPS) is 17.2. The van der Waals surface area contributed by atoms with Crippen LogP contribution in [0, 0.1) is 9.81 Å². The molecule has 0 spiro atoms. The first-order chi connectivity index (χ1) is 43.5. The van der Waals surface area contributed by atoms with Gasteiger partial charge in [-0.1, -0.05) is 87.8 Å². The number of rotatable bonds is 38. The lowest BCUT2D eigenvalue weighted by molar-refractivity contribution is -0.142. The molecule has 9 atom stereocenters. The van der Waals surface area contributed by atoms with Crippen LogP contribution in [0.25, 0.3) is 0 Å². The zero-order valence-electron chi connectivity index (χ0n) is 50.4. The van der Waals surface area contributed by atoms with E-state index in [0.717, 1.165) is 34.9 Å². The van der Waals surface area contributed by atoms with Gasteiger partial charge in [-0.05, 0) is 121 Å². The van der Waals surface area contributed by atoms with Gasteiger partial charge in [-0.15, -0.1) is 9.81 Å². The van der Waals surface area contributed by atoms with Gasteiger partial charge in [-0.3, -0.25) is 52.7 Å². The highest BCUT2D eigenvalue weighted by atomic mass is 35.5.